The molecule has 1 atom stereocenters. The van der Waals surface area contributed by atoms with E-state index in [4.69, 9.17) is 0 Å². The molecule has 1 aromatic rings. The van der Waals surface area contributed by atoms with Crippen LogP contribution in [-0.2, 0) is 16.6 Å². The summed E-state index contributed by atoms with van der Waals surface area (Å²) in [7, 11) is -3.06. The Morgan fingerprint density at radius 3 is 2.72 bits per heavy atom. The highest BCUT2D eigenvalue weighted by atomic mass is 32.2. The Bertz CT molecular complexity index is 536. The third-order valence-electron chi connectivity index (χ3n) is 3.65. The van der Waals surface area contributed by atoms with E-state index in [2.05, 4.69) is 10.2 Å². The van der Waals surface area contributed by atoms with Crippen LogP contribution >= 0.6 is 11.3 Å². The predicted molar refractivity (Wildman–Crippen MR) is 69.9 cm³/mol. The molecule has 1 unspecified atom stereocenters. The Morgan fingerprint density at radius 1 is 1.39 bits per heavy atom. The van der Waals surface area contributed by atoms with Crippen molar-refractivity contribution in [3.63, 3.8) is 0 Å². The van der Waals surface area contributed by atoms with Gasteiger partial charge in [-0.05, 0) is 18.8 Å². The topological polar surface area (TPSA) is 63.2 Å². The van der Waals surface area contributed by atoms with Crippen molar-refractivity contribution in [1.82, 2.24) is 14.5 Å². The highest BCUT2D eigenvalue weighted by Crippen LogP contribution is 2.38. The van der Waals surface area contributed by atoms with Crippen molar-refractivity contribution in [2.45, 2.75) is 38.6 Å². The molecular formula is C11H17N3O2S2. The minimum Gasteiger partial charge on any atom is -0.212 e. The standard InChI is InChI=1S/C11H17N3O2S2/c1-8-5-14(18(15,16)7-8)6-10-12-13-11(17-10)9-3-2-4-9/h8-9H,2-7H2,1H3. The summed E-state index contributed by atoms with van der Waals surface area (Å²) in [6.07, 6.45) is 3.68. The van der Waals surface area contributed by atoms with Gasteiger partial charge in [-0.1, -0.05) is 24.7 Å². The van der Waals surface area contributed by atoms with E-state index in [1.807, 2.05) is 6.92 Å². The molecule has 7 heteroatoms. The number of rotatable bonds is 3. The van der Waals surface area contributed by atoms with Crippen LogP contribution in [0.5, 0.6) is 0 Å². The van der Waals surface area contributed by atoms with Gasteiger partial charge in [0.25, 0.3) is 0 Å². The summed E-state index contributed by atoms with van der Waals surface area (Å²) >= 11 is 1.58. The maximum atomic E-state index is 11.9. The molecule has 0 spiro atoms. The maximum Gasteiger partial charge on any atom is 0.214 e. The molecule has 2 heterocycles. The maximum absolute atomic E-state index is 11.9. The van der Waals surface area contributed by atoms with E-state index in [1.54, 1.807) is 15.6 Å². The van der Waals surface area contributed by atoms with Crippen LogP contribution in [0, 0.1) is 5.92 Å². The van der Waals surface area contributed by atoms with Crippen LogP contribution in [0.1, 0.15) is 42.1 Å². The molecule has 0 bridgehead atoms. The lowest BCUT2D eigenvalue weighted by molar-refractivity contribution is 0.406. The summed E-state index contributed by atoms with van der Waals surface area (Å²) < 4.78 is 25.3. The molecule has 2 aliphatic rings. The molecule has 0 aromatic carbocycles. The molecule has 1 aliphatic heterocycles. The van der Waals surface area contributed by atoms with E-state index in [0.29, 0.717) is 19.0 Å². The van der Waals surface area contributed by atoms with Gasteiger partial charge in [-0.15, -0.1) is 10.2 Å². The molecule has 5 nitrogen and oxygen atoms in total. The zero-order chi connectivity index (χ0) is 12.8. The van der Waals surface area contributed by atoms with E-state index in [-0.39, 0.29) is 11.7 Å². The quantitative estimate of drug-likeness (QED) is 0.847. The molecule has 1 aliphatic carbocycles. The monoisotopic (exact) mass is 287 g/mol. The number of nitrogens with zero attached hydrogens (tertiary/aromatic N) is 3. The van der Waals surface area contributed by atoms with Crippen LogP contribution in [0.3, 0.4) is 0 Å². The highest BCUT2D eigenvalue weighted by molar-refractivity contribution is 7.89. The van der Waals surface area contributed by atoms with Gasteiger partial charge in [-0.3, -0.25) is 0 Å². The van der Waals surface area contributed by atoms with Crippen molar-refractivity contribution >= 4 is 21.4 Å². The van der Waals surface area contributed by atoms with E-state index in [9.17, 15) is 8.42 Å². The zero-order valence-electron chi connectivity index (χ0n) is 10.4. The SMILES string of the molecule is CC1CN(Cc2nnc(C3CCC3)s2)S(=O)(=O)C1. The molecule has 18 heavy (non-hydrogen) atoms. The molecule has 1 saturated carbocycles. The minimum atomic E-state index is -3.06. The summed E-state index contributed by atoms with van der Waals surface area (Å²) in [6, 6.07) is 0. The van der Waals surface area contributed by atoms with Crippen molar-refractivity contribution in [2.24, 2.45) is 5.92 Å². The first-order chi connectivity index (χ1) is 8.54. The Hall–Kier alpha value is -0.530. The lowest BCUT2D eigenvalue weighted by Crippen LogP contribution is -2.25. The highest BCUT2D eigenvalue weighted by Gasteiger charge is 2.34. The molecular weight excluding hydrogens is 270 g/mol. The predicted octanol–water partition coefficient (Wildman–Crippen LogP) is 1.59. The van der Waals surface area contributed by atoms with Gasteiger partial charge >= 0.3 is 0 Å². The van der Waals surface area contributed by atoms with Gasteiger partial charge in [0.05, 0.1) is 12.3 Å². The van der Waals surface area contributed by atoms with Gasteiger partial charge in [0.1, 0.15) is 10.0 Å². The van der Waals surface area contributed by atoms with Crippen LogP contribution in [-0.4, -0.2) is 35.2 Å². The van der Waals surface area contributed by atoms with E-state index in [1.165, 1.54) is 19.3 Å². The van der Waals surface area contributed by atoms with Gasteiger partial charge in [-0.2, -0.15) is 4.31 Å². The molecule has 100 valence electrons. The molecule has 1 saturated heterocycles. The van der Waals surface area contributed by atoms with Crippen molar-refractivity contribution in [3.8, 4) is 0 Å². The minimum absolute atomic E-state index is 0.217. The van der Waals surface area contributed by atoms with Crippen molar-refractivity contribution < 1.29 is 8.42 Å². The number of aromatic nitrogens is 2. The van der Waals surface area contributed by atoms with E-state index >= 15 is 0 Å². The van der Waals surface area contributed by atoms with Crippen LogP contribution in [0.15, 0.2) is 0 Å². The van der Waals surface area contributed by atoms with Gasteiger partial charge in [0, 0.05) is 12.5 Å². The average molecular weight is 287 g/mol. The van der Waals surface area contributed by atoms with Crippen molar-refractivity contribution in [2.75, 3.05) is 12.3 Å². The molecule has 0 radical (unpaired) electrons. The smallest absolute Gasteiger partial charge is 0.212 e. The van der Waals surface area contributed by atoms with Gasteiger partial charge < -0.3 is 0 Å². The van der Waals surface area contributed by atoms with Gasteiger partial charge in [0.2, 0.25) is 10.0 Å². The summed E-state index contributed by atoms with van der Waals surface area (Å²) in [5.41, 5.74) is 0. The average Bonchev–Trinajstić information content (AvgIpc) is 2.70. The Labute approximate surface area is 111 Å². The summed E-state index contributed by atoms with van der Waals surface area (Å²) in [4.78, 5) is 0. The molecule has 0 N–H and O–H groups in total. The molecule has 2 fully saturated rings. The first-order valence-electron chi connectivity index (χ1n) is 6.35. The first kappa shape index (κ1) is 12.5. The molecule has 0 amide bonds. The lowest BCUT2D eigenvalue weighted by atomic mass is 9.86. The Morgan fingerprint density at radius 2 is 2.17 bits per heavy atom. The van der Waals surface area contributed by atoms with Crippen LogP contribution in [0.4, 0.5) is 0 Å². The second-order valence-corrected chi connectivity index (χ2v) is 8.45. The molecule has 3 rings (SSSR count). The van der Waals surface area contributed by atoms with Crippen LogP contribution in [0.25, 0.3) is 0 Å². The van der Waals surface area contributed by atoms with Gasteiger partial charge in [-0.25, -0.2) is 8.42 Å². The van der Waals surface area contributed by atoms with Crippen LogP contribution < -0.4 is 0 Å². The number of sulfonamides is 1. The summed E-state index contributed by atoms with van der Waals surface area (Å²) in [5.74, 6) is 1.06. The Kier molecular flexibility index (Phi) is 3.15. The van der Waals surface area contributed by atoms with E-state index in [0.717, 1.165) is 10.0 Å². The lowest BCUT2D eigenvalue weighted by Gasteiger charge is -2.21. The van der Waals surface area contributed by atoms with Crippen LogP contribution in [0.2, 0.25) is 0 Å². The summed E-state index contributed by atoms with van der Waals surface area (Å²) in [5, 5.41) is 10.2. The number of hydrogen-bond acceptors (Lipinski definition) is 5. The summed E-state index contributed by atoms with van der Waals surface area (Å²) in [6.45, 7) is 2.98. The first-order valence-corrected chi connectivity index (χ1v) is 8.77. The van der Waals surface area contributed by atoms with Crippen molar-refractivity contribution in [1.29, 1.82) is 0 Å². The van der Waals surface area contributed by atoms with E-state index < -0.39 is 10.0 Å². The second-order valence-electron chi connectivity index (χ2n) is 5.34. The molecule has 1 aromatic heterocycles. The fraction of sp³-hybridized carbons (Fsp3) is 0.818. The largest absolute Gasteiger partial charge is 0.214 e. The zero-order valence-corrected chi connectivity index (χ0v) is 12.0. The fourth-order valence-corrected chi connectivity index (χ4v) is 5.39. The number of hydrogen-bond donors (Lipinski definition) is 0. The normalized spacial score (nSPS) is 28.4. The fourth-order valence-electron chi connectivity index (χ4n) is 2.44. The Balaban J connectivity index is 1.71. The third kappa shape index (κ3) is 2.31. The van der Waals surface area contributed by atoms with Crippen molar-refractivity contribution in [3.05, 3.63) is 10.0 Å². The second kappa shape index (κ2) is 4.54. The van der Waals surface area contributed by atoms with Gasteiger partial charge in [0.15, 0.2) is 0 Å². The third-order valence-corrected chi connectivity index (χ3v) is 6.78.